The van der Waals surface area contributed by atoms with Crippen LogP contribution in [0.3, 0.4) is 0 Å². The maximum atomic E-state index is 12.3. The predicted molar refractivity (Wildman–Crippen MR) is 123 cm³/mol. The highest BCUT2D eigenvalue weighted by Gasteiger charge is 2.29. The van der Waals surface area contributed by atoms with Crippen LogP contribution in [0.4, 0.5) is 17.2 Å². The summed E-state index contributed by atoms with van der Waals surface area (Å²) >= 11 is 0. The van der Waals surface area contributed by atoms with Crippen LogP contribution in [-0.2, 0) is 21.7 Å². The van der Waals surface area contributed by atoms with Crippen molar-refractivity contribution in [3.05, 3.63) is 42.7 Å². The minimum Gasteiger partial charge on any atom is -0.490 e. The van der Waals surface area contributed by atoms with Gasteiger partial charge >= 0.3 is 0 Å². The Morgan fingerprint density at radius 3 is 2.61 bits per heavy atom. The van der Waals surface area contributed by atoms with E-state index in [1.165, 1.54) is 19.1 Å². The van der Waals surface area contributed by atoms with Crippen LogP contribution >= 0.6 is 0 Å². The van der Waals surface area contributed by atoms with Gasteiger partial charge in [0.15, 0.2) is 9.84 Å². The van der Waals surface area contributed by atoms with Gasteiger partial charge in [-0.25, -0.2) is 13.4 Å². The number of aryl methyl sites for hydroxylation is 1. The van der Waals surface area contributed by atoms with E-state index in [4.69, 9.17) is 4.74 Å². The van der Waals surface area contributed by atoms with Gasteiger partial charge in [0.25, 0.3) is 0 Å². The Balaban J connectivity index is 1.73. The van der Waals surface area contributed by atoms with E-state index in [-0.39, 0.29) is 16.9 Å². The quantitative estimate of drug-likeness (QED) is 0.478. The third kappa shape index (κ3) is 5.49. The fourth-order valence-electron chi connectivity index (χ4n) is 3.48. The molecule has 10 nitrogen and oxygen atoms in total. The van der Waals surface area contributed by atoms with Gasteiger partial charge in [0.1, 0.15) is 17.7 Å². The molecule has 0 aliphatic heterocycles. The van der Waals surface area contributed by atoms with Crippen LogP contribution in [0.1, 0.15) is 19.8 Å². The molecule has 3 aromatic rings. The lowest BCUT2D eigenvalue weighted by atomic mass is 9.92. The van der Waals surface area contributed by atoms with E-state index in [1.807, 2.05) is 6.07 Å². The van der Waals surface area contributed by atoms with E-state index in [0.717, 1.165) is 6.26 Å². The van der Waals surface area contributed by atoms with Crippen LogP contribution in [0.15, 0.2) is 47.6 Å². The molecule has 3 N–H and O–H groups in total. The molecule has 0 unspecified atom stereocenters. The van der Waals surface area contributed by atoms with Crippen LogP contribution in [0.2, 0.25) is 0 Å². The van der Waals surface area contributed by atoms with Gasteiger partial charge in [0.05, 0.1) is 22.4 Å². The average molecular weight is 472 g/mol. The molecule has 11 heteroatoms. The van der Waals surface area contributed by atoms with Crippen LogP contribution in [0, 0.1) is 0 Å². The summed E-state index contributed by atoms with van der Waals surface area (Å²) in [6, 6.07) is 8.16. The molecule has 174 valence electrons. The lowest BCUT2D eigenvalue weighted by Crippen LogP contribution is -2.37. The van der Waals surface area contributed by atoms with E-state index < -0.39 is 15.9 Å². The third-order valence-corrected chi connectivity index (χ3v) is 6.25. The SMILES string of the molecule is CC(=O)Nc1cc(Nc2cc(OC3CC(O)C3)cc(S(C)(=O)=O)c2)c(-c2ccn(C)n2)cn1. The smallest absolute Gasteiger partial charge is 0.222 e. The zero-order valence-electron chi connectivity index (χ0n) is 18.4. The lowest BCUT2D eigenvalue weighted by molar-refractivity contribution is -0.114. The van der Waals surface area contributed by atoms with Crippen molar-refractivity contribution in [2.45, 2.75) is 36.9 Å². The summed E-state index contributed by atoms with van der Waals surface area (Å²) in [5, 5.41) is 19.8. The summed E-state index contributed by atoms with van der Waals surface area (Å²) < 4.78 is 32.1. The molecular weight excluding hydrogens is 446 g/mol. The summed E-state index contributed by atoms with van der Waals surface area (Å²) in [4.78, 5) is 15.9. The molecule has 0 radical (unpaired) electrons. The molecule has 1 aliphatic rings. The average Bonchev–Trinajstić information content (AvgIpc) is 3.12. The first-order chi connectivity index (χ1) is 15.6. The van der Waals surface area contributed by atoms with E-state index in [2.05, 4.69) is 20.7 Å². The highest BCUT2D eigenvalue weighted by atomic mass is 32.2. The number of sulfone groups is 1. The molecule has 1 amide bonds. The zero-order valence-corrected chi connectivity index (χ0v) is 19.3. The lowest BCUT2D eigenvalue weighted by Gasteiger charge is -2.31. The van der Waals surface area contributed by atoms with Gasteiger partial charge in [-0.1, -0.05) is 0 Å². The number of aliphatic hydroxyl groups is 1. The number of hydrogen-bond acceptors (Lipinski definition) is 8. The molecule has 0 atom stereocenters. The first kappa shape index (κ1) is 22.7. The number of nitrogens with zero attached hydrogens (tertiary/aromatic N) is 3. The summed E-state index contributed by atoms with van der Waals surface area (Å²) in [6.45, 7) is 1.39. The topological polar surface area (TPSA) is 135 Å². The van der Waals surface area contributed by atoms with Crippen LogP contribution in [-0.4, -0.2) is 52.7 Å². The fraction of sp³-hybridized carbons (Fsp3) is 0.318. The van der Waals surface area contributed by atoms with Crippen molar-refractivity contribution < 1.29 is 23.1 Å². The largest absolute Gasteiger partial charge is 0.490 e. The molecular formula is C22H25N5O5S. The molecule has 0 saturated heterocycles. The van der Waals surface area contributed by atoms with Crippen molar-refractivity contribution in [1.82, 2.24) is 14.8 Å². The zero-order chi connectivity index (χ0) is 23.8. The van der Waals surface area contributed by atoms with Crippen molar-refractivity contribution >= 4 is 32.9 Å². The Morgan fingerprint density at radius 1 is 1.24 bits per heavy atom. The van der Waals surface area contributed by atoms with E-state index in [0.29, 0.717) is 47.0 Å². The summed E-state index contributed by atoms with van der Waals surface area (Å²) in [7, 11) is -1.71. The van der Waals surface area contributed by atoms with Crippen molar-refractivity contribution in [2.24, 2.45) is 7.05 Å². The number of pyridine rings is 1. The Labute approximate surface area is 191 Å². The second-order valence-electron chi connectivity index (χ2n) is 8.13. The molecule has 1 fully saturated rings. The standard InChI is InChI=1S/C22H25N5O5S/c1-13(28)24-22-11-21(19(12-23-22)20-4-5-27(2)26-20)25-14-6-16(32-17-8-15(29)9-17)10-18(7-14)33(3,30)31/h4-7,10-12,15,17,29H,8-9H2,1-3H3,(H2,23,24,25,28). The molecule has 33 heavy (non-hydrogen) atoms. The van der Waals surface area contributed by atoms with Crippen molar-refractivity contribution in [1.29, 1.82) is 0 Å². The monoisotopic (exact) mass is 471 g/mol. The Bertz CT molecular complexity index is 1300. The van der Waals surface area contributed by atoms with Crippen molar-refractivity contribution in [3.8, 4) is 17.0 Å². The van der Waals surface area contributed by atoms with Crippen molar-refractivity contribution in [2.75, 3.05) is 16.9 Å². The highest BCUT2D eigenvalue weighted by Crippen LogP contribution is 2.34. The Morgan fingerprint density at radius 2 is 2.00 bits per heavy atom. The van der Waals surface area contributed by atoms with Gasteiger partial charge < -0.3 is 20.5 Å². The van der Waals surface area contributed by atoms with Crippen LogP contribution in [0.5, 0.6) is 5.75 Å². The number of aromatic nitrogens is 3. The number of amides is 1. The predicted octanol–water partition coefficient (Wildman–Crippen LogP) is 2.49. The number of hydrogen-bond donors (Lipinski definition) is 3. The second kappa shape index (κ2) is 8.83. The minimum atomic E-state index is -3.51. The summed E-state index contributed by atoms with van der Waals surface area (Å²) in [6.07, 6.45) is 4.95. The Hall–Kier alpha value is -3.44. The maximum Gasteiger partial charge on any atom is 0.222 e. The number of rotatable bonds is 7. The first-order valence-electron chi connectivity index (χ1n) is 10.3. The number of anilines is 3. The minimum absolute atomic E-state index is 0.0953. The molecule has 1 saturated carbocycles. The van der Waals surface area contributed by atoms with Gasteiger partial charge in [0, 0.05) is 68.8 Å². The van der Waals surface area contributed by atoms with E-state index >= 15 is 0 Å². The molecule has 2 heterocycles. The van der Waals surface area contributed by atoms with Crippen molar-refractivity contribution in [3.63, 3.8) is 0 Å². The van der Waals surface area contributed by atoms with Crippen LogP contribution in [0.25, 0.3) is 11.3 Å². The molecule has 2 aromatic heterocycles. The third-order valence-electron chi connectivity index (χ3n) is 5.16. The second-order valence-corrected chi connectivity index (χ2v) is 10.1. The summed E-state index contributed by atoms with van der Waals surface area (Å²) in [5.41, 5.74) is 2.37. The number of benzene rings is 1. The molecule has 1 aromatic carbocycles. The van der Waals surface area contributed by atoms with E-state index in [9.17, 15) is 18.3 Å². The van der Waals surface area contributed by atoms with E-state index in [1.54, 1.807) is 36.3 Å². The number of ether oxygens (including phenoxy) is 1. The van der Waals surface area contributed by atoms with Crippen LogP contribution < -0.4 is 15.4 Å². The number of carbonyl (C=O) groups is 1. The van der Waals surface area contributed by atoms with Gasteiger partial charge in [-0.15, -0.1) is 0 Å². The normalized spacial score (nSPS) is 17.8. The van der Waals surface area contributed by atoms with Gasteiger partial charge in [0.2, 0.25) is 5.91 Å². The molecule has 1 aliphatic carbocycles. The summed E-state index contributed by atoms with van der Waals surface area (Å²) in [5.74, 6) is 0.452. The number of aliphatic hydroxyl groups excluding tert-OH is 1. The van der Waals surface area contributed by atoms with Gasteiger partial charge in [-0.05, 0) is 18.2 Å². The molecule has 4 rings (SSSR count). The van der Waals surface area contributed by atoms with Gasteiger partial charge in [-0.2, -0.15) is 5.10 Å². The molecule has 0 bridgehead atoms. The number of carbonyl (C=O) groups excluding carboxylic acids is 1. The number of nitrogens with one attached hydrogen (secondary N) is 2. The first-order valence-corrected chi connectivity index (χ1v) is 12.2. The Kier molecular flexibility index (Phi) is 6.09. The highest BCUT2D eigenvalue weighted by molar-refractivity contribution is 7.90. The fourth-order valence-corrected chi connectivity index (χ4v) is 4.15. The molecule has 0 spiro atoms. The van der Waals surface area contributed by atoms with Gasteiger partial charge in [-0.3, -0.25) is 9.48 Å². The maximum absolute atomic E-state index is 12.3.